The van der Waals surface area contributed by atoms with Crippen LogP contribution in [0.1, 0.15) is 25.7 Å². The van der Waals surface area contributed by atoms with Crippen molar-refractivity contribution in [2.45, 2.75) is 38.3 Å². The van der Waals surface area contributed by atoms with Gasteiger partial charge in [-0.05, 0) is 37.4 Å². The Morgan fingerprint density at radius 3 is 2.95 bits per heavy atom. The predicted octanol–water partition coefficient (Wildman–Crippen LogP) is 0.130. The monoisotopic (exact) mass is 303 g/mol. The van der Waals surface area contributed by atoms with Crippen molar-refractivity contribution in [3.05, 3.63) is 34.9 Å². The number of carbonyl (C=O) groups is 1. The summed E-state index contributed by atoms with van der Waals surface area (Å²) in [6.07, 6.45) is 5.92. The largest absolute Gasteiger partial charge is 0.351 e. The molecule has 0 radical (unpaired) electrons. The molecule has 0 aromatic carbocycles. The Hall–Kier alpha value is -2.15. The zero-order chi connectivity index (χ0) is 15.5. The number of carbonyl (C=O) groups excluding carboxylic acids is 1. The molecule has 1 fully saturated rings. The van der Waals surface area contributed by atoms with Gasteiger partial charge in [-0.2, -0.15) is 0 Å². The van der Waals surface area contributed by atoms with E-state index in [-0.39, 0.29) is 24.2 Å². The molecule has 0 spiro atoms. The first kappa shape index (κ1) is 14.8. The summed E-state index contributed by atoms with van der Waals surface area (Å²) in [5.41, 5.74) is 6.01. The van der Waals surface area contributed by atoms with Crippen LogP contribution in [-0.2, 0) is 11.3 Å². The van der Waals surface area contributed by atoms with E-state index in [1.807, 2.05) is 0 Å². The van der Waals surface area contributed by atoms with Gasteiger partial charge in [0, 0.05) is 12.2 Å². The summed E-state index contributed by atoms with van der Waals surface area (Å²) < 4.78 is 2.63. The van der Waals surface area contributed by atoms with Crippen LogP contribution in [0.2, 0.25) is 0 Å². The lowest BCUT2D eigenvalue weighted by molar-refractivity contribution is -0.123. The van der Waals surface area contributed by atoms with Crippen LogP contribution in [0.15, 0.2) is 29.2 Å². The Balaban J connectivity index is 1.70. The minimum Gasteiger partial charge on any atom is -0.351 e. The first-order chi connectivity index (χ1) is 10.7. The maximum Gasteiger partial charge on any atom is 0.350 e. The van der Waals surface area contributed by atoms with E-state index in [1.165, 1.54) is 15.5 Å². The second kappa shape index (κ2) is 6.31. The Morgan fingerprint density at radius 2 is 2.18 bits per heavy atom. The van der Waals surface area contributed by atoms with Crippen LogP contribution < -0.4 is 16.7 Å². The fourth-order valence-corrected chi connectivity index (χ4v) is 3.14. The van der Waals surface area contributed by atoms with Crippen molar-refractivity contribution in [3.8, 4) is 0 Å². The number of hydrogen-bond acceptors (Lipinski definition) is 4. The molecule has 0 bridgehead atoms. The SMILES string of the molecule is NCC1CCCCC1NC(=O)Cn1nc2ccccn2c1=O. The lowest BCUT2D eigenvalue weighted by Gasteiger charge is -2.31. The summed E-state index contributed by atoms with van der Waals surface area (Å²) >= 11 is 0. The third kappa shape index (κ3) is 2.89. The van der Waals surface area contributed by atoms with Crippen LogP contribution in [0.5, 0.6) is 0 Å². The number of nitrogens with zero attached hydrogens (tertiary/aromatic N) is 3. The molecule has 2 unspecified atom stereocenters. The van der Waals surface area contributed by atoms with Gasteiger partial charge in [0.05, 0.1) is 0 Å². The number of fused-ring (bicyclic) bond motifs is 1. The van der Waals surface area contributed by atoms with Crippen LogP contribution in [-0.4, -0.2) is 32.7 Å². The van der Waals surface area contributed by atoms with E-state index < -0.39 is 0 Å². The molecule has 118 valence electrons. The number of amides is 1. The third-order valence-corrected chi connectivity index (χ3v) is 4.34. The standard InChI is InChI=1S/C15H21N5O2/c16-9-11-5-1-2-6-12(11)17-14(21)10-20-15(22)19-8-4-3-7-13(19)18-20/h3-4,7-8,11-12H,1-2,5-6,9-10,16H2,(H,17,21). The number of aromatic nitrogens is 3. The second-order valence-corrected chi connectivity index (χ2v) is 5.82. The van der Waals surface area contributed by atoms with Gasteiger partial charge in [-0.1, -0.05) is 18.9 Å². The zero-order valence-corrected chi connectivity index (χ0v) is 12.4. The Morgan fingerprint density at radius 1 is 1.36 bits per heavy atom. The van der Waals surface area contributed by atoms with Gasteiger partial charge in [-0.3, -0.25) is 9.20 Å². The van der Waals surface area contributed by atoms with Crippen molar-refractivity contribution in [1.82, 2.24) is 19.5 Å². The molecule has 1 amide bonds. The predicted molar refractivity (Wildman–Crippen MR) is 82.4 cm³/mol. The van der Waals surface area contributed by atoms with E-state index in [0.29, 0.717) is 18.1 Å². The van der Waals surface area contributed by atoms with Gasteiger partial charge in [-0.25, -0.2) is 9.48 Å². The van der Waals surface area contributed by atoms with Crippen LogP contribution in [0, 0.1) is 5.92 Å². The van der Waals surface area contributed by atoms with Gasteiger partial charge in [0.1, 0.15) is 6.54 Å². The molecular weight excluding hydrogens is 282 g/mol. The van der Waals surface area contributed by atoms with Crippen molar-refractivity contribution in [2.75, 3.05) is 6.54 Å². The minimum atomic E-state index is -0.301. The highest BCUT2D eigenvalue weighted by Gasteiger charge is 2.25. The van der Waals surface area contributed by atoms with Crippen molar-refractivity contribution in [3.63, 3.8) is 0 Å². The van der Waals surface area contributed by atoms with E-state index in [2.05, 4.69) is 10.4 Å². The lowest BCUT2D eigenvalue weighted by atomic mass is 9.84. The summed E-state index contributed by atoms with van der Waals surface area (Å²) in [6, 6.07) is 5.41. The molecule has 3 rings (SSSR count). The van der Waals surface area contributed by atoms with Crippen LogP contribution in [0.25, 0.3) is 5.65 Å². The molecule has 7 heteroatoms. The smallest absolute Gasteiger partial charge is 0.350 e. The summed E-state index contributed by atoms with van der Waals surface area (Å²) in [6.45, 7) is 0.521. The average Bonchev–Trinajstić information content (AvgIpc) is 2.84. The lowest BCUT2D eigenvalue weighted by Crippen LogP contribution is -2.46. The van der Waals surface area contributed by atoms with Gasteiger partial charge >= 0.3 is 5.69 Å². The van der Waals surface area contributed by atoms with Gasteiger partial charge in [-0.15, -0.1) is 5.10 Å². The number of hydrogen-bond donors (Lipinski definition) is 2. The first-order valence-electron chi connectivity index (χ1n) is 7.72. The van der Waals surface area contributed by atoms with Crippen molar-refractivity contribution >= 4 is 11.6 Å². The molecule has 22 heavy (non-hydrogen) atoms. The molecule has 1 saturated carbocycles. The topological polar surface area (TPSA) is 94.4 Å². The van der Waals surface area contributed by atoms with Crippen LogP contribution >= 0.6 is 0 Å². The molecule has 1 aliphatic rings. The maximum absolute atomic E-state index is 12.2. The maximum atomic E-state index is 12.2. The van der Waals surface area contributed by atoms with Gasteiger partial charge < -0.3 is 11.1 Å². The molecule has 2 heterocycles. The molecule has 0 saturated heterocycles. The van der Waals surface area contributed by atoms with E-state index in [1.54, 1.807) is 24.4 Å². The van der Waals surface area contributed by atoms with E-state index >= 15 is 0 Å². The zero-order valence-electron chi connectivity index (χ0n) is 12.4. The highest BCUT2D eigenvalue weighted by Crippen LogP contribution is 2.23. The number of nitrogens with one attached hydrogen (secondary N) is 1. The number of rotatable bonds is 4. The number of pyridine rings is 1. The highest BCUT2D eigenvalue weighted by molar-refractivity contribution is 5.76. The molecule has 0 aliphatic heterocycles. The minimum absolute atomic E-state index is 0.0612. The summed E-state index contributed by atoms with van der Waals surface area (Å²) in [7, 11) is 0. The van der Waals surface area contributed by atoms with Gasteiger partial charge in [0.15, 0.2) is 5.65 Å². The van der Waals surface area contributed by atoms with Crippen molar-refractivity contribution < 1.29 is 4.79 Å². The molecule has 1 aliphatic carbocycles. The normalized spacial score (nSPS) is 21.9. The first-order valence-corrected chi connectivity index (χ1v) is 7.72. The summed E-state index contributed by atoms with van der Waals surface area (Å²) in [5, 5.41) is 7.18. The summed E-state index contributed by atoms with van der Waals surface area (Å²) in [5.74, 6) is 0.145. The Labute approximate surface area is 128 Å². The van der Waals surface area contributed by atoms with Gasteiger partial charge in [0.2, 0.25) is 5.91 Å². The van der Waals surface area contributed by atoms with E-state index in [4.69, 9.17) is 5.73 Å². The third-order valence-electron chi connectivity index (χ3n) is 4.34. The van der Waals surface area contributed by atoms with E-state index in [9.17, 15) is 9.59 Å². The van der Waals surface area contributed by atoms with Crippen molar-refractivity contribution in [1.29, 1.82) is 0 Å². The van der Waals surface area contributed by atoms with Crippen LogP contribution in [0.4, 0.5) is 0 Å². The summed E-state index contributed by atoms with van der Waals surface area (Å²) in [4.78, 5) is 24.4. The molecular formula is C15H21N5O2. The quantitative estimate of drug-likeness (QED) is 0.839. The Bertz CT molecular complexity index is 720. The molecule has 7 nitrogen and oxygen atoms in total. The fraction of sp³-hybridized carbons (Fsp3) is 0.533. The molecule has 2 aromatic rings. The second-order valence-electron chi connectivity index (χ2n) is 5.82. The van der Waals surface area contributed by atoms with Crippen molar-refractivity contribution in [2.24, 2.45) is 11.7 Å². The van der Waals surface area contributed by atoms with E-state index in [0.717, 1.165) is 19.3 Å². The molecule has 2 aromatic heterocycles. The highest BCUT2D eigenvalue weighted by atomic mass is 16.2. The van der Waals surface area contributed by atoms with Crippen LogP contribution in [0.3, 0.4) is 0 Å². The fourth-order valence-electron chi connectivity index (χ4n) is 3.14. The van der Waals surface area contributed by atoms with Gasteiger partial charge in [0.25, 0.3) is 0 Å². The number of nitrogens with two attached hydrogens (primary N) is 1. The average molecular weight is 303 g/mol. The Kier molecular flexibility index (Phi) is 4.24. The molecule has 3 N–H and O–H groups in total. The molecule has 2 atom stereocenters.